The number of hydrogen-bond acceptors (Lipinski definition) is 3. The third kappa shape index (κ3) is 3.70. The van der Waals surface area contributed by atoms with Crippen molar-refractivity contribution in [3.8, 4) is 0 Å². The van der Waals surface area contributed by atoms with Gasteiger partial charge in [-0.1, -0.05) is 18.2 Å². The molecule has 126 valence electrons. The van der Waals surface area contributed by atoms with E-state index < -0.39 is 5.97 Å². The minimum absolute atomic E-state index is 0.0925. The first-order chi connectivity index (χ1) is 11.5. The standard InChI is InChI=1S/C18H18BrNO4/c19-16-6-5-15(24-16)17(21)20-9-7-12(8-10-20)11-13-3-1-2-4-14(13)18(22)23/h1-6,12H,7-11H2,(H,22,23). The number of hydrogen-bond donors (Lipinski definition) is 1. The van der Waals surface area contributed by atoms with Crippen LogP contribution in [0.4, 0.5) is 0 Å². The van der Waals surface area contributed by atoms with Gasteiger partial charge in [-0.25, -0.2) is 4.79 Å². The number of piperidine rings is 1. The van der Waals surface area contributed by atoms with E-state index in [2.05, 4.69) is 15.9 Å². The average molecular weight is 392 g/mol. The minimum atomic E-state index is -0.887. The summed E-state index contributed by atoms with van der Waals surface area (Å²) in [6.07, 6.45) is 2.46. The van der Waals surface area contributed by atoms with Crippen molar-refractivity contribution < 1.29 is 19.1 Å². The maximum atomic E-state index is 12.4. The van der Waals surface area contributed by atoms with E-state index in [1.165, 1.54) is 0 Å². The highest BCUT2D eigenvalue weighted by Crippen LogP contribution is 2.25. The maximum Gasteiger partial charge on any atom is 0.335 e. The Morgan fingerprint density at radius 2 is 1.88 bits per heavy atom. The minimum Gasteiger partial charge on any atom is -0.478 e. The fourth-order valence-corrected chi connectivity index (χ4v) is 3.45. The van der Waals surface area contributed by atoms with Crippen molar-refractivity contribution in [3.63, 3.8) is 0 Å². The third-order valence-electron chi connectivity index (χ3n) is 4.44. The molecule has 1 aliphatic heterocycles. The summed E-state index contributed by atoms with van der Waals surface area (Å²) in [5, 5.41) is 9.27. The number of likely N-dealkylation sites (tertiary alicyclic amines) is 1. The summed E-state index contributed by atoms with van der Waals surface area (Å²) in [7, 11) is 0. The first-order valence-corrected chi connectivity index (χ1v) is 8.69. The second-order valence-electron chi connectivity index (χ2n) is 6.01. The molecule has 0 radical (unpaired) electrons. The number of nitrogens with zero attached hydrogens (tertiary/aromatic N) is 1. The van der Waals surface area contributed by atoms with Crippen LogP contribution in [0.1, 0.15) is 39.3 Å². The van der Waals surface area contributed by atoms with Crippen LogP contribution >= 0.6 is 15.9 Å². The summed E-state index contributed by atoms with van der Waals surface area (Å²) < 4.78 is 5.87. The SMILES string of the molecule is O=C(O)c1ccccc1CC1CCN(C(=O)c2ccc(Br)o2)CC1. The monoisotopic (exact) mass is 391 g/mol. The van der Waals surface area contributed by atoms with E-state index in [9.17, 15) is 14.7 Å². The van der Waals surface area contributed by atoms with Gasteiger partial charge >= 0.3 is 5.97 Å². The second-order valence-corrected chi connectivity index (χ2v) is 6.79. The van der Waals surface area contributed by atoms with E-state index in [1.54, 1.807) is 29.2 Å². The normalized spacial score (nSPS) is 15.5. The van der Waals surface area contributed by atoms with E-state index in [0.717, 1.165) is 24.8 Å². The Bertz CT molecular complexity index is 747. The van der Waals surface area contributed by atoms with Gasteiger partial charge < -0.3 is 14.4 Å². The van der Waals surface area contributed by atoms with Crippen molar-refractivity contribution in [1.29, 1.82) is 0 Å². The van der Waals surface area contributed by atoms with Gasteiger partial charge in [0.25, 0.3) is 5.91 Å². The molecule has 5 nitrogen and oxygen atoms in total. The van der Waals surface area contributed by atoms with Crippen molar-refractivity contribution in [2.24, 2.45) is 5.92 Å². The number of halogens is 1. The highest BCUT2D eigenvalue weighted by molar-refractivity contribution is 9.10. The fraction of sp³-hybridized carbons (Fsp3) is 0.333. The van der Waals surface area contributed by atoms with Gasteiger partial charge in [0, 0.05) is 13.1 Å². The molecular formula is C18H18BrNO4. The molecule has 0 aliphatic carbocycles. The van der Waals surface area contributed by atoms with Gasteiger partial charge in [-0.05, 0) is 64.9 Å². The van der Waals surface area contributed by atoms with Crippen LogP contribution < -0.4 is 0 Å². The predicted molar refractivity (Wildman–Crippen MR) is 92.1 cm³/mol. The lowest BCUT2D eigenvalue weighted by molar-refractivity contribution is 0.0657. The van der Waals surface area contributed by atoms with Gasteiger partial charge in [-0.2, -0.15) is 0 Å². The Balaban J connectivity index is 1.60. The average Bonchev–Trinajstić information content (AvgIpc) is 3.02. The van der Waals surface area contributed by atoms with Crippen LogP contribution in [0.3, 0.4) is 0 Å². The Kier molecular flexibility index (Phi) is 5.04. The molecule has 1 fully saturated rings. The van der Waals surface area contributed by atoms with Crippen LogP contribution in [0, 0.1) is 5.92 Å². The molecule has 0 bridgehead atoms. The molecule has 6 heteroatoms. The van der Waals surface area contributed by atoms with Crippen molar-refractivity contribution in [1.82, 2.24) is 4.90 Å². The van der Waals surface area contributed by atoms with Crippen molar-refractivity contribution in [3.05, 3.63) is 58.0 Å². The fourth-order valence-electron chi connectivity index (χ4n) is 3.14. The number of carbonyl (C=O) groups excluding carboxylic acids is 1. The molecule has 0 unspecified atom stereocenters. The summed E-state index contributed by atoms with van der Waals surface area (Å²) in [6.45, 7) is 1.33. The molecule has 0 saturated carbocycles. The molecule has 0 atom stereocenters. The van der Waals surface area contributed by atoms with Gasteiger partial charge in [0.2, 0.25) is 0 Å². The van der Waals surface area contributed by atoms with Gasteiger partial charge in [0.05, 0.1) is 5.56 Å². The topological polar surface area (TPSA) is 70.8 Å². The summed E-state index contributed by atoms with van der Waals surface area (Å²) in [5.74, 6) is -0.249. The zero-order chi connectivity index (χ0) is 17.1. The lowest BCUT2D eigenvalue weighted by Gasteiger charge is -2.31. The molecule has 2 aromatic rings. The van der Waals surface area contributed by atoms with E-state index in [1.807, 2.05) is 12.1 Å². The molecule has 1 saturated heterocycles. The molecule has 1 aromatic carbocycles. The lowest BCUT2D eigenvalue weighted by Crippen LogP contribution is -2.38. The first kappa shape index (κ1) is 16.8. The summed E-state index contributed by atoms with van der Waals surface area (Å²) in [4.78, 5) is 25.4. The lowest BCUT2D eigenvalue weighted by atomic mass is 9.88. The highest BCUT2D eigenvalue weighted by Gasteiger charge is 2.26. The summed E-state index contributed by atoms with van der Waals surface area (Å²) >= 11 is 3.20. The smallest absolute Gasteiger partial charge is 0.335 e. The molecule has 1 aliphatic rings. The zero-order valence-electron chi connectivity index (χ0n) is 13.1. The van der Waals surface area contributed by atoms with Crippen molar-refractivity contribution in [2.45, 2.75) is 19.3 Å². The van der Waals surface area contributed by atoms with Crippen molar-refractivity contribution in [2.75, 3.05) is 13.1 Å². The molecular weight excluding hydrogens is 374 g/mol. The van der Waals surface area contributed by atoms with E-state index >= 15 is 0 Å². The first-order valence-electron chi connectivity index (χ1n) is 7.90. The van der Waals surface area contributed by atoms with Gasteiger partial charge in [-0.3, -0.25) is 4.79 Å². The molecule has 1 N–H and O–H groups in total. The summed E-state index contributed by atoms with van der Waals surface area (Å²) in [6, 6.07) is 10.5. The van der Waals surface area contributed by atoms with Crippen LogP contribution in [0.2, 0.25) is 0 Å². The van der Waals surface area contributed by atoms with Gasteiger partial charge in [0.1, 0.15) is 0 Å². The maximum absolute atomic E-state index is 12.4. The van der Waals surface area contributed by atoms with Crippen LogP contribution in [0.5, 0.6) is 0 Å². The molecule has 3 rings (SSSR count). The number of amides is 1. The highest BCUT2D eigenvalue weighted by atomic mass is 79.9. The predicted octanol–water partition coefficient (Wildman–Crippen LogP) is 3.84. The van der Waals surface area contributed by atoms with Gasteiger partial charge in [0.15, 0.2) is 10.4 Å². The van der Waals surface area contributed by atoms with E-state index in [0.29, 0.717) is 35.0 Å². The number of carboxylic acid groups (broad SMARTS) is 1. The molecule has 1 aromatic heterocycles. The largest absolute Gasteiger partial charge is 0.478 e. The van der Waals surface area contributed by atoms with Crippen LogP contribution in [0.15, 0.2) is 45.5 Å². The molecule has 2 heterocycles. The number of carboxylic acids is 1. The van der Waals surface area contributed by atoms with E-state index in [-0.39, 0.29) is 5.91 Å². The van der Waals surface area contributed by atoms with Crippen molar-refractivity contribution >= 4 is 27.8 Å². The summed E-state index contributed by atoms with van der Waals surface area (Å²) in [5.41, 5.74) is 1.24. The van der Waals surface area contributed by atoms with Crippen LogP contribution in [-0.4, -0.2) is 35.0 Å². The van der Waals surface area contributed by atoms with E-state index in [4.69, 9.17) is 4.42 Å². The number of aromatic carboxylic acids is 1. The zero-order valence-corrected chi connectivity index (χ0v) is 14.7. The quantitative estimate of drug-likeness (QED) is 0.859. The number of furan rings is 1. The number of benzene rings is 1. The molecule has 0 spiro atoms. The molecule has 1 amide bonds. The Hall–Kier alpha value is -2.08. The Morgan fingerprint density at radius 3 is 2.50 bits per heavy atom. The third-order valence-corrected chi connectivity index (χ3v) is 4.87. The number of carbonyl (C=O) groups is 2. The Morgan fingerprint density at radius 1 is 1.17 bits per heavy atom. The van der Waals surface area contributed by atoms with Gasteiger partial charge in [-0.15, -0.1) is 0 Å². The van der Waals surface area contributed by atoms with Crippen LogP contribution in [0.25, 0.3) is 0 Å². The number of rotatable bonds is 4. The van der Waals surface area contributed by atoms with Crippen LogP contribution in [-0.2, 0) is 6.42 Å². The Labute approximate surface area is 148 Å². The second kappa shape index (κ2) is 7.21. The molecule has 24 heavy (non-hydrogen) atoms.